The molecule has 1 aromatic heterocycles. The van der Waals surface area contributed by atoms with Crippen LogP contribution in [0.2, 0.25) is 5.02 Å². The number of rotatable bonds is 3. The Balaban J connectivity index is 0.000000183. The largest absolute Gasteiger partial charge is 0.461 e. The summed E-state index contributed by atoms with van der Waals surface area (Å²) in [5.41, 5.74) is 2.56. The topological polar surface area (TPSA) is 52.3 Å². The lowest BCUT2D eigenvalue weighted by atomic mass is 10.1. The van der Waals surface area contributed by atoms with Gasteiger partial charge in [-0.25, -0.2) is 0 Å². The summed E-state index contributed by atoms with van der Waals surface area (Å²) >= 11 is 5.60. The molecule has 0 saturated heterocycles. The molecule has 0 atom stereocenters. The molecule has 0 spiro atoms. The zero-order valence-electron chi connectivity index (χ0n) is 12.5. The highest BCUT2D eigenvalue weighted by atomic mass is 35.5. The Morgan fingerprint density at radius 1 is 1.22 bits per heavy atom. The van der Waals surface area contributed by atoms with Gasteiger partial charge in [0.05, 0.1) is 0 Å². The van der Waals surface area contributed by atoms with Crippen molar-refractivity contribution in [2.45, 2.75) is 13.5 Å². The summed E-state index contributed by atoms with van der Waals surface area (Å²) in [4.78, 5) is 10.8. The van der Waals surface area contributed by atoms with Crippen LogP contribution in [0.25, 0.3) is 11.3 Å². The van der Waals surface area contributed by atoms with Crippen LogP contribution in [0.15, 0.2) is 59.3 Å². The molecule has 0 N–H and O–H groups in total. The molecule has 2 aromatic rings. The maximum atomic E-state index is 10.8. The lowest BCUT2D eigenvalue weighted by Gasteiger charge is -2.06. The van der Waals surface area contributed by atoms with Gasteiger partial charge in [0.1, 0.15) is 18.6 Å². The summed E-state index contributed by atoms with van der Waals surface area (Å²) < 4.78 is 9.76. The molecule has 23 heavy (non-hydrogen) atoms. The molecule has 0 unspecified atom stereocenters. The Labute approximate surface area is 137 Å². The first-order valence-corrected chi connectivity index (χ1v) is 7.45. The molecule has 4 rings (SSSR count). The van der Waals surface area contributed by atoms with Gasteiger partial charge in [-0.1, -0.05) is 53.2 Å². The Bertz CT molecular complexity index is 920. The van der Waals surface area contributed by atoms with Gasteiger partial charge >= 0.3 is 5.97 Å². The van der Waals surface area contributed by atoms with E-state index in [-0.39, 0.29) is 12.6 Å². The van der Waals surface area contributed by atoms with Crippen molar-refractivity contribution in [2.75, 3.05) is 0 Å². The van der Waals surface area contributed by atoms with Crippen LogP contribution in [0.1, 0.15) is 12.5 Å². The number of carbonyl (C=O) groups excluding carboxylic acids is 1. The van der Waals surface area contributed by atoms with E-state index >= 15 is 0 Å². The van der Waals surface area contributed by atoms with Crippen LogP contribution in [-0.2, 0) is 16.1 Å². The third-order valence-corrected chi connectivity index (χ3v) is 3.75. The smallest absolute Gasteiger partial charge is 0.302 e. The normalized spacial score (nSPS) is 10.5. The Morgan fingerprint density at radius 2 is 2.04 bits per heavy atom. The van der Waals surface area contributed by atoms with Gasteiger partial charge in [0.15, 0.2) is 0 Å². The van der Waals surface area contributed by atoms with E-state index in [0.717, 1.165) is 21.8 Å². The summed E-state index contributed by atoms with van der Waals surface area (Å²) in [6, 6.07) is 15.4. The molecule has 0 fully saturated rings. The molecule has 0 amide bonds. The van der Waals surface area contributed by atoms with E-state index in [1.807, 2.05) is 36.4 Å². The quantitative estimate of drug-likeness (QED) is 0.525. The van der Waals surface area contributed by atoms with Gasteiger partial charge in [0, 0.05) is 28.8 Å². The highest BCUT2D eigenvalue weighted by Crippen LogP contribution is 2.22. The van der Waals surface area contributed by atoms with Crippen molar-refractivity contribution in [3.05, 3.63) is 75.8 Å². The van der Waals surface area contributed by atoms with Gasteiger partial charge in [-0.2, -0.15) is 0 Å². The minimum Gasteiger partial charge on any atom is -0.461 e. The van der Waals surface area contributed by atoms with Crippen molar-refractivity contribution in [1.29, 1.82) is 0 Å². The number of hydrogen-bond acceptors (Lipinski definition) is 4. The minimum atomic E-state index is -0.296. The Kier molecular flexibility index (Phi) is 4.44. The molecule has 116 valence electrons. The standard InChI is InChI=1S/C12H11NO3.C6H3Cl/c1-9(14)15-8-10-4-2-3-5-11(10)12-6-7-16-13-12;7-6-3-4-1-2-5(4)6/h2-7H,8H2,1H3;1-3H. The fraction of sp³-hybridized carbons (Fsp3) is 0.111. The van der Waals surface area contributed by atoms with E-state index in [1.54, 1.807) is 6.07 Å². The molecule has 1 heterocycles. The number of aromatic nitrogens is 1. The molecule has 5 heteroatoms. The molecule has 1 aromatic carbocycles. The highest BCUT2D eigenvalue weighted by Gasteiger charge is 2.08. The number of benzene rings is 2. The van der Waals surface area contributed by atoms with Crippen molar-refractivity contribution >= 4 is 17.6 Å². The van der Waals surface area contributed by atoms with Crippen molar-refractivity contribution < 1.29 is 14.1 Å². The zero-order valence-corrected chi connectivity index (χ0v) is 13.2. The lowest BCUT2D eigenvalue weighted by Crippen LogP contribution is -2.00. The van der Waals surface area contributed by atoms with E-state index in [2.05, 4.69) is 11.2 Å². The number of carbonyl (C=O) groups is 1. The predicted molar refractivity (Wildman–Crippen MR) is 86.5 cm³/mol. The van der Waals surface area contributed by atoms with Crippen molar-refractivity contribution in [1.82, 2.24) is 5.16 Å². The van der Waals surface area contributed by atoms with E-state index < -0.39 is 0 Å². The average Bonchev–Trinajstić information content (AvgIpc) is 3.05. The van der Waals surface area contributed by atoms with Crippen LogP contribution in [0.4, 0.5) is 0 Å². The molecule has 0 aliphatic heterocycles. The van der Waals surface area contributed by atoms with Crippen molar-refractivity contribution in [3.8, 4) is 11.3 Å². The third kappa shape index (κ3) is 3.43. The van der Waals surface area contributed by atoms with Crippen LogP contribution in [0.5, 0.6) is 0 Å². The molecular formula is C18H14ClNO3. The monoisotopic (exact) mass is 327 g/mol. The van der Waals surface area contributed by atoms with Gasteiger partial charge in [-0.15, -0.1) is 0 Å². The minimum absolute atomic E-state index is 0.248. The van der Waals surface area contributed by atoms with Crippen LogP contribution in [0.3, 0.4) is 0 Å². The maximum Gasteiger partial charge on any atom is 0.302 e. The molecular weight excluding hydrogens is 314 g/mol. The van der Waals surface area contributed by atoms with Crippen LogP contribution >= 0.6 is 11.6 Å². The first-order chi connectivity index (χ1) is 11.1. The summed E-state index contributed by atoms with van der Waals surface area (Å²) in [5.74, 6) is -0.296. The van der Waals surface area contributed by atoms with E-state index in [1.165, 1.54) is 23.6 Å². The fourth-order valence-electron chi connectivity index (χ4n) is 2.17. The van der Waals surface area contributed by atoms with Gasteiger partial charge in [0.2, 0.25) is 0 Å². The van der Waals surface area contributed by atoms with Crippen LogP contribution in [-0.4, -0.2) is 11.1 Å². The number of hydrogen-bond donors (Lipinski definition) is 0. The van der Waals surface area contributed by atoms with Gasteiger partial charge in [-0.05, 0) is 16.8 Å². The molecule has 0 bridgehead atoms. The summed E-state index contributed by atoms with van der Waals surface area (Å²) in [7, 11) is 0. The van der Waals surface area contributed by atoms with Crippen molar-refractivity contribution in [3.63, 3.8) is 0 Å². The Hall–Kier alpha value is -2.59. The van der Waals surface area contributed by atoms with E-state index in [4.69, 9.17) is 20.9 Å². The van der Waals surface area contributed by atoms with Gasteiger partial charge in [0.25, 0.3) is 0 Å². The van der Waals surface area contributed by atoms with E-state index in [0.29, 0.717) is 0 Å². The van der Waals surface area contributed by atoms with Gasteiger partial charge < -0.3 is 9.26 Å². The second kappa shape index (κ2) is 6.67. The van der Waals surface area contributed by atoms with E-state index in [9.17, 15) is 4.79 Å². The number of esters is 1. The maximum absolute atomic E-state index is 10.8. The summed E-state index contributed by atoms with van der Waals surface area (Å²) in [6.45, 7) is 1.64. The van der Waals surface area contributed by atoms with Crippen molar-refractivity contribution in [2.24, 2.45) is 0 Å². The number of nitrogens with zero attached hydrogens (tertiary/aromatic N) is 1. The molecule has 0 saturated carbocycles. The fourth-order valence-corrected chi connectivity index (χ4v) is 2.46. The second-order valence-corrected chi connectivity index (χ2v) is 5.42. The van der Waals surface area contributed by atoms with Crippen LogP contribution < -0.4 is 0 Å². The first kappa shape index (κ1) is 15.3. The predicted octanol–water partition coefficient (Wildman–Crippen LogP) is 4.35. The average molecular weight is 328 g/mol. The molecule has 4 nitrogen and oxygen atoms in total. The molecule has 2 aliphatic rings. The first-order valence-electron chi connectivity index (χ1n) is 7.07. The summed E-state index contributed by atoms with van der Waals surface area (Å²) in [5, 5.41) is 7.32. The SMILES string of the molecule is CC(=O)OCc1ccccc1-c1ccon1.Clc1cc2ccc1=2. The Morgan fingerprint density at radius 3 is 2.52 bits per heavy atom. The highest BCUT2D eigenvalue weighted by molar-refractivity contribution is 6.31. The van der Waals surface area contributed by atoms with Gasteiger partial charge in [-0.3, -0.25) is 4.79 Å². The molecule has 0 radical (unpaired) electrons. The lowest BCUT2D eigenvalue weighted by molar-refractivity contribution is -0.142. The zero-order chi connectivity index (χ0) is 16.2. The number of ether oxygens (including phenoxy) is 1. The second-order valence-electron chi connectivity index (χ2n) is 5.02. The number of halogens is 1. The summed E-state index contributed by atoms with van der Waals surface area (Å²) in [6.07, 6.45) is 1.51. The molecule has 2 aliphatic carbocycles. The third-order valence-electron chi connectivity index (χ3n) is 3.44. The van der Waals surface area contributed by atoms with Crippen LogP contribution in [0, 0.1) is 10.4 Å².